The van der Waals surface area contributed by atoms with Gasteiger partial charge in [-0.2, -0.15) is 0 Å². The molecule has 1 saturated heterocycles. The van der Waals surface area contributed by atoms with Crippen molar-refractivity contribution in [2.24, 2.45) is 0 Å². The van der Waals surface area contributed by atoms with Gasteiger partial charge in [-0.05, 0) is 30.7 Å². The predicted octanol–water partition coefficient (Wildman–Crippen LogP) is 0.490. The van der Waals surface area contributed by atoms with Crippen molar-refractivity contribution in [3.63, 3.8) is 0 Å². The maximum atomic E-state index is 13.6. The molecule has 0 aromatic heterocycles. The van der Waals surface area contributed by atoms with E-state index in [1.165, 1.54) is 12.1 Å². The first kappa shape index (κ1) is 14.5. The van der Waals surface area contributed by atoms with Crippen LogP contribution < -0.4 is 5.32 Å². The molecule has 1 heterocycles. The summed E-state index contributed by atoms with van der Waals surface area (Å²) < 4.78 is 13.6. The van der Waals surface area contributed by atoms with Crippen LogP contribution in [0.15, 0.2) is 18.2 Å². The summed E-state index contributed by atoms with van der Waals surface area (Å²) in [5.74, 6) is 4.83. The molecule has 5 heteroatoms. The lowest BCUT2D eigenvalue weighted by Gasteiger charge is -2.32. The van der Waals surface area contributed by atoms with E-state index < -0.39 is 0 Å². The van der Waals surface area contributed by atoms with Crippen LogP contribution in [0.2, 0.25) is 0 Å². The average Bonchev–Trinajstić information content (AvgIpc) is 2.41. The topological polar surface area (TPSA) is 52.6 Å². The van der Waals surface area contributed by atoms with Gasteiger partial charge in [0.2, 0.25) is 5.91 Å². The Kier molecular flexibility index (Phi) is 4.72. The SMILES string of the molecule is CC1C(=O)NCCN1Cc1cc(F)cc(C#CCO)c1. The zero-order valence-electron chi connectivity index (χ0n) is 11.3. The number of nitrogens with zero attached hydrogens (tertiary/aromatic N) is 1. The molecular weight excluding hydrogens is 259 g/mol. The Morgan fingerprint density at radius 3 is 3.05 bits per heavy atom. The van der Waals surface area contributed by atoms with Gasteiger partial charge in [0.1, 0.15) is 12.4 Å². The molecule has 20 heavy (non-hydrogen) atoms. The number of carbonyl (C=O) groups excluding carboxylic acids is 1. The number of piperazine rings is 1. The second-order valence-corrected chi connectivity index (χ2v) is 4.75. The van der Waals surface area contributed by atoms with Gasteiger partial charge in [0, 0.05) is 25.2 Å². The van der Waals surface area contributed by atoms with Gasteiger partial charge >= 0.3 is 0 Å². The van der Waals surface area contributed by atoms with Crippen molar-refractivity contribution >= 4 is 5.91 Å². The highest BCUT2D eigenvalue weighted by atomic mass is 19.1. The number of amides is 1. The molecule has 2 rings (SSSR count). The van der Waals surface area contributed by atoms with Crippen LogP contribution in [-0.4, -0.2) is 41.7 Å². The summed E-state index contributed by atoms with van der Waals surface area (Å²) in [6.45, 7) is 3.42. The molecular formula is C15H17FN2O2. The van der Waals surface area contributed by atoms with E-state index in [0.29, 0.717) is 18.7 Å². The van der Waals surface area contributed by atoms with Crippen LogP contribution in [0.5, 0.6) is 0 Å². The van der Waals surface area contributed by atoms with Gasteiger partial charge < -0.3 is 10.4 Å². The van der Waals surface area contributed by atoms with Gasteiger partial charge in [0.05, 0.1) is 6.04 Å². The van der Waals surface area contributed by atoms with E-state index in [-0.39, 0.29) is 24.4 Å². The third-order valence-electron chi connectivity index (χ3n) is 3.28. The third kappa shape index (κ3) is 3.56. The first-order valence-corrected chi connectivity index (χ1v) is 6.51. The fraction of sp³-hybridized carbons (Fsp3) is 0.400. The van der Waals surface area contributed by atoms with E-state index in [1.807, 2.05) is 11.8 Å². The lowest BCUT2D eigenvalue weighted by molar-refractivity contribution is -0.128. The van der Waals surface area contributed by atoms with E-state index in [4.69, 9.17) is 5.11 Å². The number of hydrogen-bond donors (Lipinski definition) is 2. The molecule has 0 bridgehead atoms. The smallest absolute Gasteiger partial charge is 0.237 e. The lowest BCUT2D eigenvalue weighted by atomic mass is 10.1. The van der Waals surface area contributed by atoms with E-state index in [9.17, 15) is 9.18 Å². The molecule has 0 radical (unpaired) electrons. The highest BCUT2D eigenvalue weighted by molar-refractivity contribution is 5.81. The standard InChI is InChI=1S/C15H17FN2O2/c1-11-15(20)17-4-5-18(11)10-13-7-12(3-2-6-19)8-14(16)9-13/h7-9,11,19H,4-6,10H2,1H3,(H,17,20). The predicted molar refractivity (Wildman–Crippen MR) is 73.2 cm³/mol. The Morgan fingerprint density at radius 2 is 2.30 bits per heavy atom. The number of benzene rings is 1. The summed E-state index contributed by atoms with van der Waals surface area (Å²) in [6.07, 6.45) is 0. The maximum Gasteiger partial charge on any atom is 0.237 e. The molecule has 1 aromatic rings. The van der Waals surface area contributed by atoms with Crippen LogP contribution >= 0.6 is 0 Å². The molecule has 1 aromatic carbocycles. The van der Waals surface area contributed by atoms with Crippen molar-refractivity contribution in [1.29, 1.82) is 0 Å². The molecule has 1 aliphatic rings. The number of hydrogen-bond acceptors (Lipinski definition) is 3. The minimum Gasteiger partial charge on any atom is -0.384 e. The van der Waals surface area contributed by atoms with E-state index in [0.717, 1.165) is 12.1 Å². The van der Waals surface area contributed by atoms with E-state index in [2.05, 4.69) is 17.2 Å². The van der Waals surface area contributed by atoms with Crippen LogP contribution in [0, 0.1) is 17.7 Å². The van der Waals surface area contributed by atoms with Gasteiger partial charge in [0.15, 0.2) is 0 Å². The third-order valence-corrected chi connectivity index (χ3v) is 3.28. The van der Waals surface area contributed by atoms with Crippen molar-refractivity contribution in [2.75, 3.05) is 19.7 Å². The van der Waals surface area contributed by atoms with Gasteiger partial charge in [-0.3, -0.25) is 9.69 Å². The van der Waals surface area contributed by atoms with Crippen LogP contribution in [0.25, 0.3) is 0 Å². The Morgan fingerprint density at radius 1 is 1.50 bits per heavy atom. The van der Waals surface area contributed by atoms with E-state index >= 15 is 0 Å². The van der Waals surface area contributed by atoms with Gasteiger partial charge in [-0.25, -0.2) is 4.39 Å². The van der Waals surface area contributed by atoms with Gasteiger partial charge in [-0.1, -0.05) is 11.8 Å². The molecule has 4 nitrogen and oxygen atoms in total. The largest absolute Gasteiger partial charge is 0.384 e. The van der Waals surface area contributed by atoms with Crippen LogP contribution in [0.3, 0.4) is 0 Å². The number of aliphatic hydroxyl groups excluding tert-OH is 1. The van der Waals surface area contributed by atoms with E-state index in [1.54, 1.807) is 6.07 Å². The number of aliphatic hydroxyl groups is 1. The molecule has 1 amide bonds. The summed E-state index contributed by atoms with van der Waals surface area (Å²) in [4.78, 5) is 13.6. The quantitative estimate of drug-likeness (QED) is 0.773. The van der Waals surface area contributed by atoms with Crippen molar-refractivity contribution in [1.82, 2.24) is 10.2 Å². The zero-order valence-corrected chi connectivity index (χ0v) is 11.3. The van der Waals surface area contributed by atoms with Crippen molar-refractivity contribution in [3.05, 3.63) is 35.1 Å². The molecule has 1 aliphatic heterocycles. The highest BCUT2D eigenvalue weighted by Gasteiger charge is 2.25. The van der Waals surface area contributed by atoms with Gasteiger partial charge in [0.25, 0.3) is 0 Å². The van der Waals surface area contributed by atoms with Crippen molar-refractivity contribution < 1.29 is 14.3 Å². The summed E-state index contributed by atoms with van der Waals surface area (Å²) in [5, 5.41) is 11.5. The van der Waals surface area contributed by atoms with Crippen molar-refractivity contribution in [3.8, 4) is 11.8 Å². The molecule has 0 aliphatic carbocycles. The minimum absolute atomic E-state index is 0.00653. The van der Waals surface area contributed by atoms with Gasteiger partial charge in [-0.15, -0.1) is 0 Å². The lowest BCUT2D eigenvalue weighted by Crippen LogP contribution is -2.53. The number of halogens is 1. The zero-order chi connectivity index (χ0) is 14.5. The summed E-state index contributed by atoms with van der Waals surface area (Å²) in [7, 11) is 0. The number of carbonyl (C=O) groups is 1. The first-order valence-electron chi connectivity index (χ1n) is 6.51. The first-order chi connectivity index (χ1) is 9.60. The fourth-order valence-electron chi connectivity index (χ4n) is 2.24. The number of rotatable bonds is 2. The second-order valence-electron chi connectivity index (χ2n) is 4.75. The minimum atomic E-state index is -0.362. The molecule has 1 fully saturated rings. The van der Waals surface area contributed by atoms with Crippen LogP contribution in [0.1, 0.15) is 18.1 Å². The normalized spacial score (nSPS) is 19.1. The Hall–Kier alpha value is -1.90. The summed E-state index contributed by atoms with van der Waals surface area (Å²) in [5.41, 5.74) is 1.30. The molecule has 0 spiro atoms. The molecule has 0 saturated carbocycles. The Balaban J connectivity index is 2.16. The Labute approximate surface area is 117 Å². The number of nitrogens with one attached hydrogen (secondary N) is 1. The molecule has 2 N–H and O–H groups in total. The monoisotopic (exact) mass is 276 g/mol. The fourth-order valence-corrected chi connectivity index (χ4v) is 2.24. The van der Waals surface area contributed by atoms with Crippen molar-refractivity contribution in [2.45, 2.75) is 19.5 Å². The molecule has 106 valence electrons. The average molecular weight is 276 g/mol. The molecule has 1 atom stereocenters. The van der Waals surface area contributed by atoms with Crippen LogP contribution in [-0.2, 0) is 11.3 Å². The maximum absolute atomic E-state index is 13.6. The Bertz CT molecular complexity index is 563. The summed E-state index contributed by atoms with van der Waals surface area (Å²) >= 11 is 0. The van der Waals surface area contributed by atoms with Crippen LogP contribution in [0.4, 0.5) is 4.39 Å². The second kappa shape index (κ2) is 6.51. The highest BCUT2D eigenvalue weighted by Crippen LogP contribution is 2.14. The molecule has 1 unspecified atom stereocenters. The summed E-state index contributed by atoms with van der Waals surface area (Å²) in [6, 6.07) is 4.34.